The molecule has 0 N–H and O–H groups in total. The lowest BCUT2D eigenvalue weighted by atomic mass is 9.80. The molecule has 0 spiro atoms. The fraction of sp³-hybridized carbons (Fsp3) is 0.583. The molecule has 19 heavy (non-hydrogen) atoms. The van der Waals surface area contributed by atoms with Crippen LogP contribution in [0.5, 0.6) is 0 Å². The van der Waals surface area contributed by atoms with E-state index in [-0.39, 0.29) is 0 Å². The Morgan fingerprint density at radius 2 is 1.79 bits per heavy atom. The van der Waals surface area contributed by atoms with Crippen molar-refractivity contribution in [2.45, 2.75) is 43.8 Å². The van der Waals surface area contributed by atoms with Crippen LogP contribution < -0.4 is 5.46 Å². The van der Waals surface area contributed by atoms with Gasteiger partial charge in [-0.15, -0.1) is 0 Å². The Labute approximate surface area is 121 Å². The van der Waals surface area contributed by atoms with Gasteiger partial charge in [-0.1, -0.05) is 11.6 Å². The van der Waals surface area contributed by atoms with Gasteiger partial charge < -0.3 is 9.31 Å². The number of hydrogen-bond donors (Lipinski definition) is 0. The molecule has 0 aromatic carbocycles. The molecule has 0 bridgehead atoms. The highest BCUT2D eigenvalue weighted by atomic mass is 35.5. The maximum absolute atomic E-state index is 11.5. The van der Waals surface area contributed by atoms with Crippen LogP contribution in [0.2, 0.25) is 5.15 Å². The third kappa shape index (κ3) is 2.72. The van der Waals surface area contributed by atoms with Crippen LogP contribution in [0.4, 0.5) is 0 Å². The number of nitrogens with zero attached hydrogens (tertiary/aromatic N) is 1. The van der Waals surface area contributed by atoms with Crippen molar-refractivity contribution in [2.75, 3.05) is 6.26 Å². The summed E-state index contributed by atoms with van der Waals surface area (Å²) in [6, 6.07) is 1.73. The molecule has 0 amide bonds. The maximum Gasteiger partial charge on any atom is 0.498 e. The van der Waals surface area contributed by atoms with Crippen molar-refractivity contribution >= 4 is 35.0 Å². The second-order valence-electron chi connectivity index (χ2n) is 5.59. The molecular weight excluding hydrogens is 284 g/mol. The highest BCUT2D eigenvalue weighted by Gasteiger charge is 2.52. The first-order valence-electron chi connectivity index (χ1n) is 5.98. The zero-order chi connectivity index (χ0) is 14.4. The Morgan fingerprint density at radius 1 is 1.26 bits per heavy atom. The van der Waals surface area contributed by atoms with Crippen LogP contribution in [-0.4, -0.2) is 33.8 Å². The molecule has 4 nitrogen and oxygen atoms in total. The van der Waals surface area contributed by atoms with Gasteiger partial charge in [-0.25, -0.2) is 4.98 Å². The van der Waals surface area contributed by atoms with Gasteiger partial charge in [0.25, 0.3) is 0 Å². The minimum absolute atomic E-state index is 0.313. The van der Waals surface area contributed by atoms with E-state index in [4.69, 9.17) is 20.9 Å². The summed E-state index contributed by atoms with van der Waals surface area (Å²) in [5, 5.41) is 0.313. The Kier molecular flexibility index (Phi) is 3.82. The van der Waals surface area contributed by atoms with Crippen LogP contribution >= 0.6 is 11.6 Å². The molecule has 1 unspecified atom stereocenters. The molecule has 2 heterocycles. The summed E-state index contributed by atoms with van der Waals surface area (Å²) in [7, 11) is -1.71. The van der Waals surface area contributed by atoms with Crippen LogP contribution in [0.15, 0.2) is 17.2 Å². The van der Waals surface area contributed by atoms with E-state index in [0.717, 1.165) is 0 Å². The van der Waals surface area contributed by atoms with E-state index >= 15 is 0 Å². The van der Waals surface area contributed by atoms with Crippen molar-refractivity contribution in [2.24, 2.45) is 0 Å². The molecule has 1 saturated heterocycles. The number of hydrogen-bond acceptors (Lipinski definition) is 4. The van der Waals surface area contributed by atoms with E-state index in [2.05, 4.69) is 4.98 Å². The topological polar surface area (TPSA) is 48.4 Å². The summed E-state index contributed by atoms with van der Waals surface area (Å²) in [5.41, 5.74) is -0.266. The highest BCUT2D eigenvalue weighted by molar-refractivity contribution is 7.84. The Hall–Kier alpha value is -0.425. The predicted octanol–water partition coefficient (Wildman–Crippen LogP) is 1.77. The van der Waals surface area contributed by atoms with Crippen LogP contribution in [0.1, 0.15) is 27.7 Å². The minimum Gasteiger partial charge on any atom is -0.399 e. The monoisotopic (exact) mass is 301 g/mol. The fourth-order valence-electron chi connectivity index (χ4n) is 1.74. The summed E-state index contributed by atoms with van der Waals surface area (Å²) in [6.45, 7) is 7.87. The molecule has 1 aliphatic heterocycles. The van der Waals surface area contributed by atoms with E-state index in [0.29, 0.717) is 15.5 Å². The molecule has 2 rings (SSSR count). The molecule has 7 heteroatoms. The second kappa shape index (κ2) is 4.84. The average Bonchev–Trinajstić information content (AvgIpc) is 2.48. The van der Waals surface area contributed by atoms with Crippen molar-refractivity contribution in [3.63, 3.8) is 0 Å². The Balaban J connectivity index is 2.39. The molecule has 1 atom stereocenters. The lowest BCUT2D eigenvalue weighted by Crippen LogP contribution is -2.41. The number of pyridine rings is 1. The minimum atomic E-state index is -1.12. The third-order valence-corrected chi connectivity index (χ3v) is 4.88. The average molecular weight is 302 g/mol. The van der Waals surface area contributed by atoms with Crippen molar-refractivity contribution in [1.82, 2.24) is 4.98 Å². The molecule has 1 aromatic rings. The standard InChI is InChI=1S/C12H17BClNO3S/c1-11(2)12(3,4)18-13(17-11)9-6-8(19(5)16)7-15-10(9)14/h6-7H,1-5H3. The maximum atomic E-state index is 11.5. The predicted molar refractivity (Wildman–Crippen MR) is 77.3 cm³/mol. The number of aromatic nitrogens is 1. The van der Waals surface area contributed by atoms with Gasteiger partial charge in [-0.3, -0.25) is 4.21 Å². The van der Waals surface area contributed by atoms with Gasteiger partial charge >= 0.3 is 7.12 Å². The number of rotatable bonds is 2. The van der Waals surface area contributed by atoms with E-state index in [1.807, 2.05) is 27.7 Å². The molecule has 0 radical (unpaired) electrons. The van der Waals surface area contributed by atoms with Crippen LogP contribution in [0.3, 0.4) is 0 Å². The zero-order valence-electron chi connectivity index (χ0n) is 11.7. The van der Waals surface area contributed by atoms with Gasteiger partial charge in [0.05, 0.1) is 26.9 Å². The highest BCUT2D eigenvalue weighted by Crippen LogP contribution is 2.36. The van der Waals surface area contributed by atoms with Crippen LogP contribution in [-0.2, 0) is 20.1 Å². The van der Waals surface area contributed by atoms with Gasteiger partial charge in [0.15, 0.2) is 0 Å². The van der Waals surface area contributed by atoms with E-state index in [1.54, 1.807) is 12.3 Å². The number of halogens is 1. The Bertz CT molecular complexity index is 520. The molecule has 0 saturated carbocycles. The van der Waals surface area contributed by atoms with Crippen molar-refractivity contribution in [3.8, 4) is 0 Å². The summed E-state index contributed by atoms with van der Waals surface area (Å²) >= 11 is 6.10. The summed E-state index contributed by atoms with van der Waals surface area (Å²) in [6.07, 6.45) is 3.10. The lowest BCUT2D eigenvalue weighted by molar-refractivity contribution is 0.00578. The van der Waals surface area contributed by atoms with Gasteiger partial charge in [0.1, 0.15) is 5.15 Å². The SMILES string of the molecule is CS(=O)c1cnc(Cl)c(B2OC(C)(C)C(C)(C)O2)c1. The third-order valence-electron chi connectivity index (χ3n) is 3.68. The Morgan fingerprint density at radius 3 is 2.26 bits per heavy atom. The molecule has 1 aromatic heterocycles. The van der Waals surface area contributed by atoms with Crippen LogP contribution in [0.25, 0.3) is 0 Å². The molecule has 1 aliphatic rings. The first-order valence-corrected chi connectivity index (χ1v) is 7.92. The van der Waals surface area contributed by atoms with E-state index in [1.165, 1.54) is 6.20 Å². The summed E-state index contributed by atoms with van der Waals surface area (Å²) in [5.74, 6) is 0. The quantitative estimate of drug-likeness (QED) is 0.617. The fourth-order valence-corrected chi connectivity index (χ4v) is 2.42. The van der Waals surface area contributed by atoms with E-state index < -0.39 is 29.1 Å². The van der Waals surface area contributed by atoms with Gasteiger partial charge in [-0.05, 0) is 33.8 Å². The normalized spacial score (nSPS) is 22.5. The first-order chi connectivity index (χ1) is 8.64. The van der Waals surface area contributed by atoms with Crippen LogP contribution in [0, 0.1) is 0 Å². The molecule has 0 aliphatic carbocycles. The van der Waals surface area contributed by atoms with E-state index in [9.17, 15) is 4.21 Å². The molecule has 1 fully saturated rings. The van der Waals surface area contributed by atoms with Crippen molar-refractivity contribution in [1.29, 1.82) is 0 Å². The summed E-state index contributed by atoms with van der Waals surface area (Å²) in [4.78, 5) is 4.66. The molecule has 104 valence electrons. The lowest BCUT2D eigenvalue weighted by Gasteiger charge is -2.32. The second-order valence-corrected chi connectivity index (χ2v) is 7.33. The van der Waals surface area contributed by atoms with Gasteiger partial charge in [0, 0.05) is 17.9 Å². The molecular formula is C12H17BClNO3S. The zero-order valence-corrected chi connectivity index (χ0v) is 13.3. The van der Waals surface area contributed by atoms with Crippen molar-refractivity contribution < 1.29 is 13.5 Å². The smallest absolute Gasteiger partial charge is 0.399 e. The van der Waals surface area contributed by atoms with Gasteiger partial charge in [0.2, 0.25) is 0 Å². The first kappa shape index (κ1) is 15.0. The van der Waals surface area contributed by atoms with Gasteiger partial charge in [-0.2, -0.15) is 0 Å². The summed E-state index contributed by atoms with van der Waals surface area (Å²) < 4.78 is 23.4. The van der Waals surface area contributed by atoms with Crippen molar-refractivity contribution in [3.05, 3.63) is 17.4 Å². The largest absolute Gasteiger partial charge is 0.498 e.